The Morgan fingerprint density at radius 3 is 2.55 bits per heavy atom. The van der Waals surface area contributed by atoms with Crippen LogP contribution in [0.2, 0.25) is 0 Å². The molecule has 3 heterocycles. The molecule has 4 rings (SSSR count). The summed E-state index contributed by atoms with van der Waals surface area (Å²) in [7, 11) is 0. The zero-order valence-electron chi connectivity index (χ0n) is 22.3. The Labute approximate surface area is 220 Å². The van der Waals surface area contributed by atoms with Gasteiger partial charge in [0, 0.05) is 12.7 Å². The Kier molecular flexibility index (Phi) is 8.01. The van der Waals surface area contributed by atoms with E-state index >= 15 is 0 Å². The van der Waals surface area contributed by atoms with Gasteiger partial charge in [-0.3, -0.25) is 9.20 Å². The Morgan fingerprint density at radius 2 is 1.87 bits per heavy atom. The van der Waals surface area contributed by atoms with E-state index in [4.69, 9.17) is 14.2 Å². The number of fused-ring (bicyclic) bond motifs is 1. The Morgan fingerprint density at radius 1 is 1.16 bits per heavy atom. The maximum Gasteiger partial charge on any atom is 0.410 e. The van der Waals surface area contributed by atoms with E-state index in [1.807, 2.05) is 27.7 Å². The molecule has 10 heteroatoms. The second-order valence-corrected chi connectivity index (χ2v) is 10.5. The summed E-state index contributed by atoms with van der Waals surface area (Å²) in [6, 6.07) is 5.17. The van der Waals surface area contributed by atoms with E-state index < -0.39 is 17.2 Å². The highest BCUT2D eigenvalue weighted by molar-refractivity contribution is 5.97. The highest BCUT2D eigenvalue weighted by Gasteiger charge is 2.32. The standard InChI is InChI=1S/C28H33F2N3O5/c1-17-12-24(37-15-20-21(29)9-6-10-22(20)30)26-31-18(2)25(33(26)13-17)23(34)16-36-14-19-8-7-11-32(19)27(35)38-28(3,4)5/h6,9-10,12-13,19H,7-8,11,14-16H2,1-5H3. The van der Waals surface area contributed by atoms with E-state index in [1.165, 1.54) is 18.2 Å². The number of Topliss-reactive ketones (excluding diaryl/α,β-unsaturated/α-hetero) is 1. The maximum absolute atomic E-state index is 14.1. The van der Waals surface area contributed by atoms with Crippen molar-refractivity contribution in [1.29, 1.82) is 0 Å². The topological polar surface area (TPSA) is 82.4 Å². The van der Waals surface area contributed by atoms with Crippen LogP contribution in [0.5, 0.6) is 5.75 Å². The van der Waals surface area contributed by atoms with Crippen molar-refractivity contribution in [1.82, 2.24) is 14.3 Å². The molecule has 1 atom stereocenters. The summed E-state index contributed by atoms with van der Waals surface area (Å²) in [4.78, 5) is 31.8. The number of aromatic nitrogens is 2. The van der Waals surface area contributed by atoms with Crippen LogP contribution in [0.1, 0.15) is 60.9 Å². The third-order valence-corrected chi connectivity index (χ3v) is 6.24. The average Bonchev–Trinajstić information content (AvgIpc) is 3.41. The SMILES string of the molecule is Cc1cc(OCc2c(F)cccc2F)c2nc(C)c(C(=O)COCC3CCCN3C(=O)OC(C)(C)C)n2c1. The molecule has 1 amide bonds. The van der Waals surface area contributed by atoms with Crippen molar-refractivity contribution in [3.05, 3.63) is 64.6 Å². The van der Waals surface area contributed by atoms with Crippen molar-refractivity contribution in [2.24, 2.45) is 0 Å². The van der Waals surface area contributed by atoms with Crippen LogP contribution in [0.25, 0.3) is 5.65 Å². The molecule has 0 bridgehead atoms. The van der Waals surface area contributed by atoms with Crippen molar-refractivity contribution in [2.75, 3.05) is 19.8 Å². The maximum atomic E-state index is 14.1. The number of imidazole rings is 1. The first-order valence-electron chi connectivity index (χ1n) is 12.6. The number of likely N-dealkylation sites (tertiary alicyclic amines) is 1. The number of pyridine rings is 1. The van der Waals surface area contributed by atoms with Gasteiger partial charge in [0.25, 0.3) is 0 Å². The van der Waals surface area contributed by atoms with Crippen LogP contribution < -0.4 is 4.74 Å². The Hall–Kier alpha value is -3.53. The van der Waals surface area contributed by atoms with Gasteiger partial charge >= 0.3 is 6.09 Å². The van der Waals surface area contributed by atoms with Crippen molar-refractivity contribution in [3.8, 4) is 5.75 Å². The van der Waals surface area contributed by atoms with Gasteiger partial charge in [0.1, 0.15) is 36.1 Å². The van der Waals surface area contributed by atoms with Gasteiger partial charge in [-0.1, -0.05) is 6.07 Å². The number of ketones is 1. The molecule has 1 aliphatic heterocycles. The summed E-state index contributed by atoms with van der Waals surface area (Å²) in [5, 5.41) is 0. The third kappa shape index (κ3) is 6.12. The molecule has 0 aliphatic carbocycles. The van der Waals surface area contributed by atoms with Crippen LogP contribution in [-0.2, 0) is 16.1 Å². The zero-order chi connectivity index (χ0) is 27.6. The normalized spacial score (nSPS) is 15.8. The smallest absolute Gasteiger partial charge is 0.410 e. The molecule has 1 unspecified atom stereocenters. The minimum absolute atomic E-state index is 0.165. The van der Waals surface area contributed by atoms with Crippen LogP contribution in [0.4, 0.5) is 13.6 Å². The number of carbonyl (C=O) groups excluding carboxylic acids is 2. The summed E-state index contributed by atoms with van der Waals surface area (Å²) >= 11 is 0. The summed E-state index contributed by atoms with van der Waals surface area (Å²) in [5.74, 6) is -1.38. The van der Waals surface area contributed by atoms with Crippen molar-refractivity contribution >= 4 is 17.5 Å². The van der Waals surface area contributed by atoms with Crippen LogP contribution in [0, 0.1) is 25.5 Å². The zero-order valence-corrected chi connectivity index (χ0v) is 22.3. The summed E-state index contributed by atoms with van der Waals surface area (Å²) in [6.45, 7) is 9.26. The molecule has 1 aliphatic rings. The number of halogens is 2. The number of aryl methyl sites for hydroxylation is 2. The summed E-state index contributed by atoms with van der Waals surface area (Å²) in [6.07, 6.45) is 2.97. The predicted molar refractivity (Wildman–Crippen MR) is 136 cm³/mol. The molecule has 38 heavy (non-hydrogen) atoms. The Bertz CT molecular complexity index is 1330. The van der Waals surface area contributed by atoms with Crippen molar-refractivity contribution in [3.63, 3.8) is 0 Å². The lowest BCUT2D eigenvalue weighted by atomic mass is 10.2. The molecule has 0 spiro atoms. The molecule has 8 nitrogen and oxygen atoms in total. The summed E-state index contributed by atoms with van der Waals surface area (Å²) < 4.78 is 46.7. The van der Waals surface area contributed by atoms with E-state index in [2.05, 4.69) is 4.98 Å². The lowest BCUT2D eigenvalue weighted by molar-refractivity contribution is 0.0115. The highest BCUT2D eigenvalue weighted by atomic mass is 19.1. The molecule has 204 valence electrons. The second kappa shape index (κ2) is 11.1. The fraction of sp³-hybridized carbons (Fsp3) is 0.464. The number of amides is 1. The molecule has 1 saturated heterocycles. The largest absolute Gasteiger partial charge is 0.485 e. The van der Waals surface area contributed by atoms with Gasteiger partial charge in [-0.05, 0) is 71.2 Å². The molecular formula is C28H33F2N3O5. The number of benzene rings is 1. The molecule has 0 saturated carbocycles. The van der Waals surface area contributed by atoms with Gasteiger partial charge in [0.05, 0.1) is 23.9 Å². The number of hydrogen-bond acceptors (Lipinski definition) is 6. The minimum Gasteiger partial charge on any atom is -0.485 e. The van der Waals surface area contributed by atoms with E-state index in [0.717, 1.165) is 18.4 Å². The van der Waals surface area contributed by atoms with Gasteiger partial charge in [0.15, 0.2) is 11.4 Å². The molecule has 0 radical (unpaired) electrons. The first-order valence-corrected chi connectivity index (χ1v) is 12.6. The first-order chi connectivity index (χ1) is 17.9. The first kappa shape index (κ1) is 27.5. The lowest BCUT2D eigenvalue weighted by Gasteiger charge is -2.28. The number of hydrogen-bond donors (Lipinski definition) is 0. The van der Waals surface area contributed by atoms with Gasteiger partial charge in [-0.2, -0.15) is 0 Å². The van der Waals surface area contributed by atoms with E-state index in [0.29, 0.717) is 29.3 Å². The quantitative estimate of drug-likeness (QED) is 0.363. The summed E-state index contributed by atoms with van der Waals surface area (Å²) in [5.41, 5.74) is 1.16. The van der Waals surface area contributed by atoms with E-state index in [-0.39, 0.29) is 43.3 Å². The monoisotopic (exact) mass is 529 g/mol. The number of nitrogens with zero attached hydrogens (tertiary/aromatic N) is 3. The van der Waals surface area contributed by atoms with E-state index in [9.17, 15) is 18.4 Å². The molecule has 0 N–H and O–H groups in total. The third-order valence-electron chi connectivity index (χ3n) is 6.24. The Balaban J connectivity index is 1.45. The molecule has 1 aromatic carbocycles. The van der Waals surface area contributed by atoms with Crippen LogP contribution >= 0.6 is 0 Å². The highest BCUT2D eigenvalue weighted by Crippen LogP contribution is 2.27. The van der Waals surface area contributed by atoms with Gasteiger partial charge in [0.2, 0.25) is 5.78 Å². The molecular weight excluding hydrogens is 496 g/mol. The molecule has 3 aromatic rings. The van der Waals surface area contributed by atoms with Crippen LogP contribution in [0.3, 0.4) is 0 Å². The predicted octanol–water partition coefficient (Wildman–Crippen LogP) is 5.41. The number of carbonyl (C=O) groups is 2. The van der Waals surface area contributed by atoms with E-state index in [1.54, 1.807) is 28.5 Å². The lowest BCUT2D eigenvalue weighted by Crippen LogP contribution is -2.42. The minimum atomic E-state index is -0.700. The molecule has 2 aromatic heterocycles. The fourth-order valence-electron chi connectivity index (χ4n) is 4.55. The average molecular weight is 530 g/mol. The van der Waals surface area contributed by atoms with Gasteiger partial charge in [-0.25, -0.2) is 18.6 Å². The number of ether oxygens (including phenoxy) is 3. The second-order valence-electron chi connectivity index (χ2n) is 10.5. The van der Waals surface area contributed by atoms with Crippen molar-refractivity contribution in [2.45, 2.75) is 65.7 Å². The van der Waals surface area contributed by atoms with Gasteiger partial charge in [-0.15, -0.1) is 0 Å². The number of rotatable bonds is 8. The molecule has 1 fully saturated rings. The van der Waals surface area contributed by atoms with Crippen molar-refractivity contribution < 1.29 is 32.6 Å². The van der Waals surface area contributed by atoms with Gasteiger partial charge < -0.3 is 19.1 Å². The fourth-order valence-corrected chi connectivity index (χ4v) is 4.55. The van der Waals surface area contributed by atoms with Crippen LogP contribution in [0.15, 0.2) is 30.5 Å². The van der Waals surface area contributed by atoms with Crippen LogP contribution in [-0.4, -0.2) is 57.6 Å².